The second kappa shape index (κ2) is 8.22. The van der Waals surface area contributed by atoms with Crippen molar-refractivity contribution in [2.45, 2.75) is 39.4 Å². The van der Waals surface area contributed by atoms with Crippen LogP contribution in [0.15, 0.2) is 30.3 Å². The zero-order chi connectivity index (χ0) is 22.4. The number of nitrogens with zero attached hydrogens (tertiary/aromatic N) is 4. The number of carbonyl (C=O) groups excluding carboxylic acids is 1. The molecule has 0 radical (unpaired) electrons. The van der Waals surface area contributed by atoms with Crippen molar-refractivity contribution >= 4 is 16.8 Å². The molecule has 3 heterocycles. The van der Waals surface area contributed by atoms with E-state index in [0.29, 0.717) is 18.7 Å². The molecule has 7 nitrogen and oxygen atoms in total. The van der Waals surface area contributed by atoms with Gasteiger partial charge in [-0.25, -0.2) is 0 Å². The Morgan fingerprint density at radius 2 is 1.84 bits per heavy atom. The fourth-order valence-corrected chi connectivity index (χ4v) is 4.81. The van der Waals surface area contributed by atoms with Crippen molar-refractivity contribution in [1.82, 2.24) is 24.9 Å². The van der Waals surface area contributed by atoms with Crippen molar-refractivity contribution in [1.29, 1.82) is 0 Å². The van der Waals surface area contributed by atoms with Crippen molar-refractivity contribution in [2.75, 3.05) is 33.2 Å². The molecule has 3 aromatic rings. The van der Waals surface area contributed by atoms with Crippen LogP contribution in [0.2, 0.25) is 0 Å². The molecule has 2 N–H and O–H groups in total. The quantitative estimate of drug-likeness (QED) is 0.660. The van der Waals surface area contributed by atoms with E-state index in [-0.39, 0.29) is 17.6 Å². The van der Waals surface area contributed by atoms with Crippen LogP contribution in [-0.4, -0.2) is 69.1 Å². The van der Waals surface area contributed by atoms with Crippen molar-refractivity contribution in [3.8, 4) is 5.75 Å². The molecule has 2 aromatic carbocycles. The third-order valence-electron chi connectivity index (χ3n) is 6.77. The third-order valence-corrected chi connectivity index (χ3v) is 6.77. The molecule has 0 unspecified atom stereocenters. The van der Waals surface area contributed by atoms with Crippen LogP contribution in [0, 0.1) is 0 Å². The van der Waals surface area contributed by atoms with Crippen LogP contribution in [0.25, 0.3) is 10.9 Å². The Hall–Kier alpha value is -2.90. The lowest BCUT2D eigenvalue weighted by atomic mass is 10.0. The maximum atomic E-state index is 13.3. The van der Waals surface area contributed by atoms with Gasteiger partial charge in [-0.2, -0.15) is 5.10 Å². The van der Waals surface area contributed by atoms with Gasteiger partial charge in [0, 0.05) is 57.3 Å². The standard InChI is InChI=1S/C25H31N5O2/c1-16(2)24-20-11-21(23(31)12-22(20)26-27-24)25(32)30-14-18-5-4-17(10-19(18)15-30)13-29-8-6-28(3)7-9-29/h4-5,10-12,16,31H,6-9,13-15H2,1-3H3,(H,26,27). The van der Waals surface area contributed by atoms with Gasteiger partial charge in [-0.1, -0.05) is 32.0 Å². The minimum Gasteiger partial charge on any atom is -0.507 e. The first-order valence-electron chi connectivity index (χ1n) is 11.4. The fraction of sp³-hybridized carbons (Fsp3) is 0.440. The topological polar surface area (TPSA) is 75.7 Å². The molecule has 168 valence electrons. The SMILES string of the molecule is CC(C)c1n[nH]c2cc(O)c(C(=O)N3Cc4ccc(CN5CCN(C)CC5)cc4C3)cc12. The van der Waals surface area contributed by atoms with Gasteiger partial charge in [-0.05, 0) is 35.7 Å². The Balaban J connectivity index is 1.34. The van der Waals surface area contributed by atoms with Gasteiger partial charge >= 0.3 is 0 Å². The number of piperazine rings is 1. The average molecular weight is 434 g/mol. The molecule has 5 rings (SSSR count). The summed E-state index contributed by atoms with van der Waals surface area (Å²) < 4.78 is 0. The number of phenolic OH excluding ortho intramolecular Hbond substituents is 1. The zero-order valence-electron chi connectivity index (χ0n) is 19.1. The van der Waals surface area contributed by atoms with E-state index in [4.69, 9.17) is 0 Å². The summed E-state index contributed by atoms with van der Waals surface area (Å²) in [6, 6.07) is 9.99. The Bertz CT molecular complexity index is 1160. The van der Waals surface area contributed by atoms with Crippen molar-refractivity contribution < 1.29 is 9.90 Å². The summed E-state index contributed by atoms with van der Waals surface area (Å²) in [6.07, 6.45) is 0. The number of rotatable bonds is 4. The minimum atomic E-state index is -0.142. The Morgan fingerprint density at radius 1 is 1.09 bits per heavy atom. The highest BCUT2D eigenvalue weighted by Crippen LogP contribution is 2.32. The smallest absolute Gasteiger partial charge is 0.258 e. The van der Waals surface area contributed by atoms with E-state index in [2.05, 4.69) is 59.1 Å². The van der Waals surface area contributed by atoms with Crippen LogP contribution in [0.4, 0.5) is 0 Å². The van der Waals surface area contributed by atoms with Gasteiger partial charge in [0.1, 0.15) is 5.75 Å². The molecular weight excluding hydrogens is 402 g/mol. The number of likely N-dealkylation sites (N-methyl/N-ethyl adjacent to an activating group) is 1. The number of aromatic amines is 1. The van der Waals surface area contributed by atoms with Gasteiger partial charge in [-0.15, -0.1) is 0 Å². The highest BCUT2D eigenvalue weighted by molar-refractivity contribution is 6.01. The molecule has 7 heteroatoms. The summed E-state index contributed by atoms with van der Waals surface area (Å²) in [7, 11) is 2.17. The van der Waals surface area contributed by atoms with Crippen molar-refractivity contribution in [3.63, 3.8) is 0 Å². The molecule has 1 amide bonds. The van der Waals surface area contributed by atoms with Crippen LogP contribution in [0.1, 0.15) is 52.5 Å². The number of amides is 1. The van der Waals surface area contributed by atoms with Gasteiger partial charge < -0.3 is 14.9 Å². The van der Waals surface area contributed by atoms with Crippen LogP contribution >= 0.6 is 0 Å². The van der Waals surface area contributed by atoms with Crippen molar-refractivity contribution in [3.05, 3.63) is 58.3 Å². The molecule has 1 fully saturated rings. The van der Waals surface area contributed by atoms with Gasteiger partial charge in [0.05, 0.1) is 16.8 Å². The first-order valence-corrected chi connectivity index (χ1v) is 11.4. The van der Waals surface area contributed by atoms with Gasteiger partial charge in [-0.3, -0.25) is 14.8 Å². The molecule has 2 aliphatic rings. The molecule has 1 aromatic heterocycles. The fourth-order valence-electron chi connectivity index (χ4n) is 4.81. The van der Waals surface area contributed by atoms with Crippen molar-refractivity contribution in [2.24, 2.45) is 0 Å². The monoisotopic (exact) mass is 433 g/mol. The first-order chi connectivity index (χ1) is 15.4. The normalized spacial score (nSPS) is 17.4. The molecular formula is C25H31N5O2. The summed E-state index contributed by atoms with van der Waals surface area (Å²) in [5.41, 5.74) is 5.69. The predicted octanol–water partition coefficient (Wildman–Crippen LogP) is 3.30. The Labute approximate surface area is 188 Å². The van der Waals surface area contributed by atoms with Crippen LogP contribution in [0.3, 0.4) is 0 Å². The van der Waals surface area contributed by atoms with E-state index in [1.165, 1.54) is 16.7 Å². The Kier molecular flexibility index (Phi) is 5.39. The third kappa shape index (κ3) is 3.87. The second-order valence-electron chi connectivity index (χ2n) is 9.52. The molecule has 2 aliphatic heterocycles. The van der Waals surface area contributed by atoms with Gasteiger partial charge in [0.2, 0.25) is 0 Å². The van der Waals surface area contributed by atoms with E-state index in [1.54, 1.807) is 12.1 Å². The van der Waals surface area contributed by atoms with Crippen LogP contribution < -0.4 is 0 Å². The number of hydrogen-bond donors (Lipinski definition) is 2. The highest BCUT2D eigenvalue weighted by Gasteiger charge is 2.27. The first kappa shape index (κ1) is 21.0. The molecule has 32 heavy (non-hydrogen) atoms. The van der Waals surface area contributed by atoms with E-state index in [9.17, 15) is 9.90 Å². The summed E-state index contributed by atoms with van der Waals surface area (Å²) in [4.78, 5) is 20.0. The van der Waals surface area contributed by atoms with E-state index in [0.717, 1.165) is 49.3 Å². The predicted molar refractivity (Wildman–Crippen MR) is 125 cm³/mol. The summed E-state index contributed by atoms with van der Waals surface area (Å²) in [6.45, 7) is 10.6. The molecule has 0 atom stereocenters. The minimum absolute atomic E-state index is 0.00633. The maximum absolute atomic E-state index is 13.3. The molecule has 0 aliphatic carbocycles. The lowest BCUT2D eigenvalue weighted by Crippen LogP contribution is -2.43. The van der Waals surface area contributed by atoms with Crippen LogP contribution in [-0.2, 0) is 19.6 Å². The second-order valence-corrected chi connectivity index (χ2v) is 9.52. The number of aromatic hydroxyl groups is 1. The number of fused-ring (bicyclic) bond motifs is 2. The van der Waals surface area contributed by atoms with Gasteiger partial charge in [0.25, 0.3) is 5.91 Å². The molecule has 0 bridgehead atoms. The number of H-pyrrole nitrogens is 1. The van der Waals surface area contributed by atoms with E-state index >= 15 is 0 Å². The lowest BCUT2D eigenvalue weighted by Gasteiger charge is -2.32. The highest BCUT2D eigenvalue weighted by atomic mass is 16.3. The molecule has 1 saturated heterocycles. The molecule has 0 saturated carbocycles. The number of aromatic nitrogens is 2. The molecule has 0 spiro atoms. The van der Waals surface area contributed by atoms with Gasteiger partial charge in [0.15, 0.2) is 0 Å². The number of benzene rings is 2. The average Bonchev–Trinajstić information content (AvgIpc) is 3.37. The lowest BCUT2D eigenvalue weighted by molar-refractivity contribution is 0.0748. The van der Waals surface area contributed by atoms with E-state index in [1.807, 2.05) is 4.90 Å². The number of hydrogen-bond acceptors (Lipinski definition) is 5. The summed E-state index contributed by atoms with van der Waals surface area (Å²) >= 11 is 0. The number of carbonyl (C=O) groups is 1. The van der Waals surface area contributed by atoms with Crippen LogP contribution in [0.5, 0.6) is 5.75 Å². The maximum Gasteiger partial charge on any atom is 0.258 e. The largest absolute Gasteiger partial charge is 0.507 e. The Morgan fingerprint density at radius 3 is 2.59 bits per heavy atom. The number of phenols is 1. The number of nitrogens with one attached hydrogen (secondary N) is 1. The summed E-state index contributed by atoms with van der Waals surface area (Å²) in [5, 5.41) is 18.8. The zero-order valence-corrected chi connectivity index (χ0v) is 19.1. The summed E-state index contributed by atoms with van der Waals surface area (Å²) in [5.74, 6) is 0.0799. The van der Waals surface area contributed by atoms with E-state index < -0.39 is 0 Å².